The van der Waals surface area contributed by atoms with E-state index in [1.54, 1.807) is 24.3 Å². The molecule has 5 nitrogen and oxygen atoms in total. The molecule has 0 aliphatic rings. The smallest absolute Gasteiger partial charge is 0.108 e. The van der Waals surface area contributed by atoms with Crippen LogP contribution in [-0.4, -0.2) is 13.1 Å². The number of hydrogen-bond donors (Lipinski definition) is 2. The van der Waals surface area contributed by atoms with Crippen molar-refractivity contribution in [2.24, 2.45) is 5.18 Å². The summed E-state index contributed by atoms with van der Waals surface area (Å²) in [4.78, 5) is 12.6. The topological polar surface area (TPSA) is 56.7 Å². The average Bonchev–Trinajstić information content (AvgIpc) is 2.55. The van der Waals surface area contributed by atoms with Crippen molar-refractivity contribution >= 4 is 22.7 Å². The maximum atomic E-state index is 10.3. The van der Waals surface area contributed by atoms with Crippen LogP contribution in [0.3, 0.4) is 0 Å². The highest BCUT2D eigenvalue weighted by Gasteiger charge is 2.01. The SMILES string of the molecule is CCN(CC)c1ccc(NNc2ccc(N=O)cc2)cc1. The van der Waals surface area contributed by atoms with E-state index >= 15 is 0 Å². The summed E-state index contributed by atoms with van der Waals surface area (Å²) >= 11 is 0. The van der Waals surface area contributed by atoms with Crippen molar-refractivity contribution in [1.82, 2.24) is 0 Å². The Bertz CT molecular complexity index is 562. The maximum Gasteiger partial charge on any atom is 0.108 e. The van der Waals surface area contributed by atoms with Crippen LogP contribution in [0.15, 0.2) is 53.7 Å². The third-order valence-corrected chi connectivity index (χ3v) is 3.32. The Morgan fingerprint density at radius 3 is 1.76 bits per heavy atom. The van der Waals surface area contributed by atoms with E-state index in [0.717, 1.165) is 24.5 Å². The van der Waals surface area contributed by atoms with Crippen molar-refractivity contribution in [2.75, 3.05) is 28.8 Å². The molecule has 0 unspecified atom stereocenters. The van der Waals surface area contributed by atoms with Gasteiger partial charge in [0.2, 0.25) is 0 Å². The molecule has 0 fully saturated rings. The van der Waals surface area contributed by atoms with Gasteiger partial charge in [-0.1, -0.05) is 0 Å². The van der Waals surface area contributed by atoms with Gasteiger partial charge in [0, 0.05) is 18.8 Å². The number of nitroso groups, excluding NO2 is 1. The lowest BCUT2D eigenvalue weighted by Crippen LogP contribution is -2.21. The highest BCUT2D eigenvalue weighted by Crippen LogP contribution is 2.19. The molecule has 0 aromatic heterocycles. The lowest BCUT2D eigenvalue weighted by atomic mass is 10.2. The molecule has 0 aliphatic carbocycles. The molecule has 0 spiro atoms. The average molecular weight is 284 g/mol. The first-order valence-electron chi connectivity index (χ1n) is 7.07. The highest BCUT2D eigenvalue weighted by atomic mass is 16.3. The lowest BCUT2D eigenvalue weighted by Gasteiger charge is -2.21. The van der Waals surface area contributed by atoms with E-state index in [9.17, 15) is 4.91 Å². The molecule has 5 heteroatoms. The fourth-order valence-electron chi connectivity index (χ4n) is 2.09. The maximum absolute atomic E-state index is 10.3. The number of hydrazine groups is 1. The number of nitrogens with zero attached hydrogens (tertiary/aromatic N) is 2. The fraction of sp³-hybridized carbons (Fsp3) is 0.250. The molecular weight excluding hydrogens is 264 g/mol. The van der Waals surface area contributed by atoms with Gasteiger partial charge in [0.1, 0.15) is 5.69 Å². The van der Waals surface area contributed by atoms with E-state index in [4.69, 9.17) is 0 Å². The van der Waals surface area contributed by atoms with E-state index in [-0.39, 0.29) is 0 Å². The summed E-state index contributed by atoms with van der Waals surface area (Å²) in [6.07, 6.45) is 0. The second-order valence-electron chi connectivity index (χ2n) is 4.61. The molecule has 2 aromatic carbocycles. The van der Waals surface area contributed by atoms with Crippen LogP contribution < -0.4 is 15.8 Å². The molecule has 0 bridgehead atoms. The normalized spacial score (nSPS) is 10.0. The molecule has 0 atom stereocenters. The first-order chi connectivity index (χ1) is 10.3. The molecule has 2 aromatic rings. The highest BCUT2D eigenvalue weighted by molar-refractivity contribution is 5.59. The largest absolute Gasteiger partial charge is 0.372 e. The van der Waals surface area contributed by atoms with Gasteiger partial charge < -0.3 is 15.8 Å². The molecule has 2 rings (SSSR count). The number of rotatable bonds is 7. The van der Waals surface area contributed by atoms with Gasteiger partial charge in [-0.05, 0) is 67.6 Å². The standard InChI is InChI=1S/C16H20N4O/c1-3-20(4-2)16-11-9-14(10-12-16)18-17-13-5-7-15(19-21)8-6-13/h5-12,17-18H,3-4H2,1-2H3. The van der Waals surface area contributed by atoms with Crippen LogP contribution in [0, 0.1) is 4.91 Å². The zero-order chi connectivity index (χ0) is 15.1. The monoisotopic (exact) mass is 284 g/mol. The molecule has 0 saturated heterocycles. The molecule has 21 heavy (non-hydrogen) atoms. The Morgan fingerprint density at radius 1 is 0.857 bits per heavy atom. The Labute approximate surface area is 124 Å². The second-order valence-corrected chi connectivity index (χ2v) is 4.61. The van der Waals surface area contributed by atoms with Gasteiger partial charge in [-0.25, -0.2) is 0 Å². The summed E-state index contributed by atoms with van der Waals surface area (Å²) in [5.74, 6) is 0. The van der Waals surface area contributed by atoms with E-state index in [0.29, 0.717) is 5.69 Å². The van der Waals surface area contributed by atoms with Crippen LogP contribution in [0.5, 0.6) is 0 Å². The molecule has 0 heterocycles. The summed E-state index contributed by atoms with van der Waals surface area (Å²) in [5.41, 5.74) is 9.69. The van der Waals surface area contributed by atoms with Crippen LogP contribution >= 0.6 is 0 Å². The van der Waals surface area contributed by atoms with Crippen molar-refractivity contribution in [2.45, 2.75) is 13.8 Å². The van der Waals surface area contributed by atoms with E-state index in [2.05, 4.69) is 46.9 Å². The first kappa shape index (κ1) is 14.8. The zero-order valence-corrected chi connectivity index (χ0v) is 12.3. The van der Waals surface area contributed by atoms with Gasteiger partial charge in [0.15, 0.2) is 0 Å². The van der Waals surface area contributed by atoms with Crippen LogP contribution in [0.25, 0.3) is 0 Å². The van der Waals surface area contributed by atoms with Gasteiger partial charge in [-0.15, -0.1) is 4.91 Å². The Hall–Kier alpha value is -2.56. The summed E-state index contributed by atoms with van der Waals surface area (Å²) in [6.45, 7) is 6.29. The molecule has 110 valence electrons. The minimum atomic E-state index is 0.420. The first-order valence-corrected chi connectivity index (χ1v) is 7.07. The quantitative estimate of drug-likeness (QED) is 0.585. The zero-order valence-electron chi connectivity index (χ0n) is 12.3. The van der Waals surface area contributed by atoms with Gasteiger partial charge in [0.25, 0.3) is 0 Å². The minimum absolute atomic E-state index is 0.420. The van der Waals surface area contributed by atoms with E-state index in [1.807, 2.05) is 12.1 Å². The van der Waals surface area contributed by atoms with Crippen molar-refractivity contribution in [1.29, 1.82) is 0 Å². The lowest BCUT2D eigenvalue weighted by molar-refractivity contribution is 0.866. The third kappa shape index (κ3) is 3.95. The minimum Gasteiger partial charge on any atom is -0.372 e. The molecule has 0 amide bonds. The molecular formula is C16H20N4O. The van der Waals surface area contributed by atoms with Crippen molar-refractivity contribution in [3.63, 3.8) is 0 Å². The Morgan fingerprint density at radius 2 is 1.33 bits per heavy atom. The van der Waals surface area contributed by atoms with Crippen molar-refractivity contribution in [3.8, 4) is 0 Å². The summed E-state index contributed by atoms with van der Waals surface area (Å²) in [6, 6.07) is 15.2. The molecule has 0 aliphatic heterocycles. The van der Waals surface area contributed by atoms with E-state index < -0.39 is 0 Å². The van der Waals surface area contributed by atoms with Crippen molar-refractivity contribution in [3.05, 3.63) is 53.4 Å². The van der Waals surface area contributed by atoms with Crippen molar-refractivity contribution < 1.29 is 0 Å². The molecule has 2 N–H and O–H groups in total. The predicted molar refractivity (Wildman–Crippen MR) is 89.1 cm³/mol. The van der Waals surface area contributed by atoms with Crippen LogP contribution in [0.2, 0.25) is 0 Å². The summed E-state index contributed by atoms with van der Waals surface area (Å²) < 4.78 is 0. The fourth-order valence-corrected chi connectivity index (χ4v) is 2.09. The van der Waals surface area contributed by atoms with Gasteiger partial charge >= 0.3 is 0 Å². The number of nitrogens with one attached hydrogen (secondary N) is 2. The Kier molecular flexibility index (Phi) is 5.15. The van der Waals surface area contributed by atoms with Crippen LogP contribution in [0.1, 0.15) is 13.8 Å². The summed E-state index contributed by atoms with van der Waals surface area (Å²) in [5, 5.41) is 2.87. The molecule has 0 saturated carbocycles. The van der Waals surface area contributed by atoms with Gasteiger partial charge in [-0.2, -0.15) is 0 Å². The number of benzene rings is 2. The van der Waals surface area contributed by atoms with Gasteiger partial charge in [0.05, 0.1) is 11.4 Å². The number of hydrogen-bond acceptors (Lipinski definition) is 5. The van der Waals surface area contributed by atoms with Crippen LogP contribution in [-0.2, 0) is 0 Å². The number of anilines is 3. The third-order valence-electron chi connectivity index (χ3n) is 3.32. The van der Waals surface area contributed by atoms with Crippen LogP contribution in [0.4, 0.5) is 22.7 Å². The van der Waals surface area contributed by atoms with Gasteiger partial charge in [-0.3, -0.25) is 0 Å². The molecule has 0 radical (unpaired) electrons. The Balaban J connectivity index is 1.95. The summed E-state index contributed by atoms with van der Waals surface area (Å²) in [7, 11) is 0. The predicted octanol–water partition coefficient (Wildman–Crippen LogP) is 4.37. The second kappa shape index (κ2) is 7.28. The van der Waals surface area contributed by atoms with E-state index in [1.165, 1.54) is 5.69 Å².